The van der Waals surface area contributed by atoms with Gasteiger partial charge in [0.05, 0.1) is 6.61 Å². The van der Waals surface area contributed by atoms with Crippen molar-refractivity contribution in [2.75, 3.05) is 13.2 Å². The Morgan fingerprint density at radius 1 is 1.00 bits per heavy atom. The molecule has 1 N–H and O–H groups in total. The molecule has 0 radical (unpaired) electrons. The summed E-state index contributed by atoms with van der Waals surface area (Å²) in [5.41, 5.74) is 2.77. The van der Waals surface area contributed by atoms with Gasteiger partial charge in [0.15, 0.2) is 0 Å². The summed E-state index contributed by atoms with van der Waals surface area (Å²) < 4.78 is 5.84. The van der Waals surface area contributed by atoms with Gasteiger partial charge in [-0.2, -0.15) is 0 Å². The molecule has 0 aliphatic heterocycles. The summed E-state index contributed by atoms with van der Waals surface area (Å²) in [4.78, 5) is 0. The predicted molar refractivity (Wildman–Crippen MR) is 87.6 cm³/mol. The normalized spacial score (nSPS) is 11.7. The van der Waals surface area contributed by atoms with Crippen LogP contribution in [-0.2, 0) is 0 Å². The lowest BCUT2D eigenvalue weighted by molar-refractivity contribution is 0.302. The Bertz CT molecular complexity index is 393. The molecule has 0 unspecified atom stereocenters. The van der Waals surface area contributed by atoms with Crippen LogP contribution in [0.15, 0.2) is 18.2 Å². The van der Waals surface area contributed by atoms with E-state index in [2.05, 4.69) is 58.1 Å². The lowest BCUT2D eigenvalue weighted by Gasteiger charge is -2.20. The Kier molecular flexibility index (Phi) is 7.08. The maximum atomic E-state index is 5.84. The minimum Gasteiger partial charge on any atom is -0.493 e. The van der Waals surface area contributed by atoms with E-state index in [1.54, 1.807) is 0 Å². The zero-order valence-corrected chi connectivity index (χ0v) is 13.9. The van der Waals surface area contributed by atoms with E-state index in [-0.39, 0.29) is 5.54 Å². The van der Waals surface area contributed by atoms with E-state index in [9.17, 15) is 0 Å². The van der Waals surface area contributed by atoms with Crippen LogP contribution in [0.4, 0.5) is 0 Å². The minimum atomic E-state index is 0.242. The van der Waals surface area contributed by atoms with Crippen LogP contribution in [0.1, 0.15) is 57.6 Å². The van der Waals surface area contributed by atoms with Crippen LogP contribution < -0.4 is 10.1 Å². The lowest BCUT2D eigenvalue weighted by Crippen LogP contribution is -2.36. The molecule has 20 heavy (non-hydrogen) atoms. The molecule has 0 fully saturated rings. The average Bonchev–Trinajstić information content (AvgIpc) is 2.33. The Balaban J connectivity index is 2.05. The molecule has 0 atom stereocenters. The molecule has 0 bridgehead atoms. The number of nitrogens with one attached hydrogen (secondary N) is 1. The summed E-state index contributed by atoms with van der Waals surface area (Å²) in [6, 6.07) is 6.37. The van der Waals surface area contributed by atoms with Crippen LogP contribution in [0.25, 0.3) is 0 Å². The van der Waals surface area contributed by atoms with Gasteiger partial charge in [-0.3, -0.25) is 0 Å². The number of ether oxygens (including phenoxy) is 1. The van der Waals surface area contributed by atoms with Crippen LogP contribution in [0.2, 0.25) is 0 Å². The second kappa shape index (κ2) is 8.31. The van der Waals surface area contributed by atoms with Crippen molar-refractivity contribution in [1.29, 1.82) is 0 Å². The monoisotopic (exact) mass is 277 g/mol. The molecule has 1 rings (SSSR count). The van der Waals surface area contributed by atoms with E-state index in [0.717, 1.165) is 25.3 Å². The number of benzene rings is 1. The maximum Gasteiger partial charge on any atom is 0.122 e. The van der Waals surface area contributed by atoms with Gasteiger partial charge in [0.1, 0.15) is 5.75 Å². The zero-order chi connectivity index (χ0) is 15.0. The first-order valence-corrected chi connectivity index (χ1v) is 7.83. The molecule has 0 saturated carbocycles. The first kappa shape index (κ1) is 17.0. The van der Waals surface area contributed by atoms with Crippen LogP contribution in [0.3, 0.4) is 0 Å². The van der Waals surface area contributed by atoms with Crippen LogP contribution >= 0.6 is 0 Å². The topological polar surface area (TPSA) is 21.3 Å². The van der Waals surface area contributed by atoms with E-state index in [1.165, 1.54) is 30.4 Å². The molecule has 114 valence electrons. The van der Waals surface area contributed by atoms with Crippen molar-refractivity contribution >= 4 is 0 Å². The molecule has 0 aliphatic carbocycles. The Labute approximate surface area is 124 Å². The highest BCUT2D eigenvalue weighted by atomic mass is 16.5. The van der Waals surface area contributed by atoms with Gasteiger partial charge >= 0.3 is 0 Å². The zero-order valence-electron chi connectivity index (χ0n) is 13.9. The van der Waals surface area contributed by atoms with Gasteiger partial charge in [-0.15, -0.1) is 0 Å². The van der Waals surface area contributed by atoms with E-state index in [4.69, 9.17) is 4.74 Å². The van der Waals surface area contributed by atoms with E-state index in [0.29, 0.717) is 0 Å². The first-order chi connectivity index (χ1) is 9.38. The summed E-state index contributed by atoms with van der Waals surface area (Å²) in [6.45, 7) is 12.8. The molecule has 0 aromatic heterocycles. The fourth-order valence-electron chi connectivity index (χ4n) is 2.19. The number of hydrogen-bond acceptors (Lipinski definition) is 2. The third-order valence-electron chi connectivity index (χ3n) is 3.31. The van der Waals surface area contributed by atoms with Crippen molar-refractivity contribution in [3.05, 3.63) is 29.3 Å². The van der Waals surface area contributed by atoms with E-state index in [1.807, 2.05) is 0 Å². The Morgan fingerprint density at radius 3 is 2.35 bits per heavy atom. The molecule has 1 aromatic rings. The highest BCUT2D eigenvalue weighted by molar-refractivity contribution is 5.35. The molecular weight excluding hydrogens is 246 g/mol. The van der Waals surface area contributed by atoms with Crippen molar-refractivity contribution in [3.63, 3.8) is 0 Å². The second-order valence-electron chi connectivity index (χ2n) is 6.71. The quantitative estimate of drug-likeness (QED) is 0.699. The fourth-order valence-corrected chi connectivity index (χ4v) is 2.19. The summed E-state index contributed by atoms with van der Waals surface area (Å²) in [5.74, 6) is 1.03. The summed E-state index contributed by atoms with van der Waals surface area (Å²) >= 11 is 0. The van der Waals surface area contributed by atoms with Gasteiger partial charge in [-0.25, -0.2) is 0 Å². The van der Waals surface area contributed by atoms with Crippen LogP contribution in [-0.4, -0.2) is 18.7 Å². The second-order valence-corrected chi connectivity index (χ2v) is 6.71. The van der Waals surface area contributed by atoms with Crippen molar-refractivity contribution in [2.45, 2.75) is 65.8 Å². The van der Waals surface area contributed by atoms with Gasteiger partial charge in [-0.1, -0.05) is 30.5 Å². The van der Waals surface area contributed by atoms with Crippen molar-refractivity contribution in [1.82, 2.24) is 5.32 Å². The maximum absolute atomic E-state index is 5.84. The Hall–Kier alpha value is -1.02. The average molecular weight is 277 g/mol. The molecule has 0 spiro atoms. The fraction of sp³-hybridized carbons (Fsp3) is 0.667. The predicted octanol–water partition coefficient (Wildman–Crippen LogP) is 4.63. The number of rotatable bonds is 8. The summed E-state index contributed by atoms with van der Waals surface area (Å²) in [7, 11) is 0. The van der Waals surface area contributed by atoms with Gasteiger partial charge < -0.3 is 10.1 Å². The third kappa shape index (κ3) is 7.54. The molecule has 0 aliphatic rings. The first-order valence-electron chi connectivity index (χ1n) is 7.83. The molecule has 0 heterocycles. The van der Waals surface area contributed by atoms with E-state index < -0.39 is 0 Å². The van der Waals surface area contributed by atoms with Crippen LogP contribution in [0, 0.1) is 13.8 Å². The number of hydrogen-bond donors (Lipinski definition) is 1. The minimum absolute atomic E-state index is 0.242. The van der Waals surface area contributed by atoms with Crippen LogP contribution in [0.5, 0.6) is 5.75 Å². The SMILES string of the molecule is Cc1ccc(OCCCCCCNC(C)(C)C)c(C)c1. The highest BCUT2D eigenvalue weighted by Gasteiger charge is 2.06. The lowest BCUT2D eigenvalue weighted by atomic mass is 10.1. The van der Waals surface area contributed by atoms with Crippen molar-refractivity contribution in [2.24, 2.45) is 0 Å². The van der Waals surface area contributed by atoms with Gasteiger partial charge in [0.2, 0.25) is 0 Å². The van der Waals surface area contributed by atoms with Gasteiger partial charge in [0.25, 0.3) is 0 Å². The molecule has 1 aromatic carbocycles. The highest BCUT2D eigenvalue weighted by Crippen LogP contribution is 2.19. The molecule has 2 heteroatoms. The molecule has 0 saturated heterocycles. The third-order valence-corrected chi connectivity index (χ3v) is 3.31. The molecule has 2 nitrogen and oxygen atoms in total. The number of aryl methyl sites for hydroxylation is 2. The molecular formula is C18H31NO. The summed E-state index contributed by atoms with van der Waals surface area (Å²) in [5, 5.41) is 3.52. The van der Waals surface area contributed by atoms with Gasteiger partial charge in [-0.05, 0) is 65.6 Å². The standard InChI is InChI=1S/C18H31NO/c1-15-10-11-17(16(2)14-15)20-13-9-7-6-8-12-19-18(3,4)5/h10-11,14,19H,6-9,12-13H2,1-5H3. The van der Waals surface area contributed by atoms with Crippen molar-refractivity contribution in [3.8, 4) is 5.75 Å². The Morgan fingerprint density at radius 2 is 1.70 bits per heavy atom. The molecule has 0 amide bonds. The van der Waals surface area contributed by atoms with Crippen molar-refractivity contribution < 1.29 is 4.74 Å². The van der Waals surface area contributed by atoms with Gasteiger partial charge in [0, 0.05) is 5.54 Å². The van der Waals surface area contributed by atoms with E-state index >= 15 is 0 Å². The summed E-state index contributed by atoms with van der Waals surface area (Å²) in [6.07, 6.45) is 4.92. The smallest absolute Gasteiger partial charge is 0.122 e. The largest absolute Gasteiger partial charge is 0.493 e. The number of unbranched alkanes of at least 4 members (excludes halogenated alkanes) is 3.